The Morgan fingerprint density at radius 3 is 2.04 bits per heavy atom. The zero-order valence-corrected chi connectivity index (χ0v) is 41.5. The quantitative estimate of drug-likeness (QED) is 0.0432. The van der Waals surface area contributed by atoms with Crippen LogP contribution in [0.5, 0.6) is 0 Å². The fraction of sp³-hybridized carbons (Fsp3) is 0.414. The van der Waals surface area contributed by atoms with Gasteiger partial charge < -0.3 is 23.8 Å². The second-order valence-electron chi connectivity index (χ2n) is 12.1. The minimum absolute atomic E-state index is 0. The van der Waals surface area contributed by atoms with E-state index < -0.39 is 57.6 Å². The van der Waals surface area contributed by atoms with Crippen LogP contribution >= 0.6 is 12.0 Å². The maximum atomic E-state index is 11.8. The molecular formula is C29H33K3N2O12S4. The average molecular weight is 847 g/mol. The first-order chi connectivity index (χ1) is 21.7. The molecule has 14 nitrogen and oxygen atoms in total. The second kappa shape index (κ2) is 20.1. The first-order valence-corrected chi connectivity index (χ1v) is 19.5. The summed E-state index contributed by atoms with van der Waals surface area (Å²) in [5.41, 5.74) is 2.52. The maximum Gasteiger partial charge on any atom is 1.00 e. The van der Waals surface area contributed by atoms with Gasteiger partial charge in [0, 0.05) is 63.9 Å². The molecule has 0 aromatic heterocycles. The molecule has 0 atom stereocenters. The topological polar surface area (TPSA) is 219 Å². The molecule has 0 amide bonds. The Hall–Kier alpha value is 2.26. The summed E-state index contributed by atoms with van der Waals surface area (Å²) in [5, 5.41) is 13.8. The van der Waals surface area contributed by atoms with Gasteiger partial charge in [0.2, 0.25) is 5.69 Å². The number of nitrogens with zero attached hydrogens (tertiary/aromatic N) is 2. The van der Waals surface area contributed by atoms with E-state index in [-0.39, 0.29) is 180 Å². The third-order valence-corrected chi connectivity index (χ3v) is 11.2. The van der Waals surface area contributed by atoms with Crippen LogP contribution in [0.15, 0.2) is 70.1 Å². The van der Waals surface area contributed by atoms with Crippen LogP contribution in [0, 0.1) is 0 Å². The van der Waals surface area contributed by atoms with Gasteiger partial charge in [0.05, 0.1) is 42.6 Å². The Labute approximate surface area is 425 Å². The molecule has 258 valence electrons. The molecule has 0 saturated carbocycles. The molecule has 0 spiro atoms. The first-order valence-electron chi connectivity index (χ1n) is 14.2. The molecule has 2 aliphatic heterocycles. The molecule has 2 aromatic rings. The van der Waals surface area contributed by atoms with Crippen LogP contribution in [0.3, 0.4) is 0 Å². The molecule has 2 heterocycles. The summed E-state index contributed by atoms with van der Waals surface area (Å²) in [6.45, 7) is 7.83. The maximum absolute atomic E-state index is 11.8. The van der Waals surface area contributed by atoms with Crippen molar-refractivity contribution < 1.29 is 212 Å². The van der Waals surface area contributed by atoms with Crippen LogP contribution in [0.1, 0.15) is 51.7 Å². The van der Waals surface area contributed by atoms with E-state index >= 15 is 0 Å². The van der Waals surface area contributed by atoms with Crippen molar-refractivity contribution in [1.82, 2.24) is 0 Å². The predicted molar refractivity (Wildman–Crippen MR) is 168 cm³/mol. The minimum atomic E-state index is -4.77. The van der Waals surface area contributed by atoms with E-state index in [0.717, 1.165) is 29.0 Å². The SMILES string of the molecule is CC1(C)C(C=C/C=C2/N(CCCS(=O)(=O)[O-])c3ccc(S(=O)(=O)[O-])cc3C2(C)C)=[N+](CCCS(=O)(=O)[O-])c2ccc(SOO[O-])cc21.[K+].[K+].[K+]. The van der Waals surface area contributed by atoms with Crippen molar-refractivity contribution in [2.24, 2.45) is 0 Å². The molecule has 0 fully saturated rings. The van der Waals surface area contributed by atoms with E-state index in [4.69, 9.17) is 0 Å². The summed E-state index contributed by atoms with van der Waals surface area (Å²) in [5.74, 6) is -1.18. The fourth-order valence-corrected chi connectivity index (χ4v) is 7.94. The van der Waals surface area contributed by atoms with Gasteiger partial charge in [-0.2, -0.15) is 8.91 Å². The Balaban J connectivity index is 0.00000417. The van der Waals surface area contributed by atoms with Gasteiger partial charge in [0.25, 0.3) is 0 Å². The third-order valence-electron chi connectivity index (χ3n) is 8.23. The van der Waals surface area contributed by atoms with Gasteiger partial charge in [-0.05, 0) is 62.2 Å². The number of hydrogen-bond donors (Lipinski definition) is 0. The molecule has 0 saturated heterocycles. The molecule has 0 unspecified atom stereocenters. The Morgan fingerprint density at radius 1 is 0.840 bits per heavy atom. The summed E-state index contributed by atoms with van der Waals surface area (Å²) in [6.07, 6.45) is 5.37. The van der Waals surface area contributed by atoms with Gasteiger partial charge in [-0.1, -0.05) is 19.9 Å². The van der Waals surface area contributed by atoms with Gasteiger partial charge in [-0.25, -0.2) is 25.3 Å². The number of allylic oxidation sites excluding steroid dienone is 4. The zero-order valence-electron chi connectivity index (χ0n) is 28.9. The van der Waals surface area contributed by atoms with E-state index in [9.17, 15) is 44.2 Å². The molecule has 2 aromatic carbocycles. The molecule has 4 rings (SSSR count). The van der Waals surface area contributed by atoms with Gasteiger partial charge in [-0.3, -0.25) is 5.04 Å². The van der Waals surface area contributed by atoms with E-state index in [1.165, 1.54) is 18.2 Å². The number of fused-ring (bicyclic) bond motifs is 2. The molecule has 0 radical (unpaired) electrons. The number of anilines is 1. The Kier molecular flexibility index (Phi) is 20.2. The van der Waals surface area contributed by atoms with Crippen molar-refractivity contribution in [3.63, 3.8) is 0 Å². The van der Waals surface area contributed by atoms with Crippen molar-refractivity contribution >= 4 is 59.5 Å². The van der Waals surface area contributed by atoms with Crippen molar-refractivity contribution in [2.45, 2.75) is 61.2 Å². The van der Waals surface area contributed by atoms with E-state index in [0.29, 0.717) is 21.8 Å². The molecule has 2 aliphatic rings. The van der Waals surface area contributed by atoms with Crippen LogP contribution in [-0.4, -0.2) is 73.8 Å². The molecular weight excluding hydrogens is 814 g/mol. The van der Waals surface area contributed by atoms with E-state index in [1.54, 1.807) is 35.3 Å². The van der Waals surface area contributed by atoms with Crippen LogP contribution in [0.4, 0.5) is 11.4 Å². The van der Waals surface area contributed by atoms with Gasteiger partial charge in [0.15, 0.2) is 5.71 Å². The first kappa shape index (κ1) is 50.3. The van der Waals surface area contributed by atoms with E-state index in [2.05, 4.69) is 9.37 Å². The van der Waals surface area contributed by atoms with Crippen molar-refractivity contribution in [3.8, 4) is 0 Å². The van der Waals surface area contributed by atoms with Gasteiger partial charge >= 0.3 is 154 Å². The van der Waals surface area contributed by atoms with Gasteiger partial charge in [0.1, 0.15) is 16.7 Å². The Bertz CT molecular complexity index is 1980. The Morgan fingerprint density at radius 2 is 1.46 bits per heavy atom. The minimum Gasteiger partial charge on any atom is -0.748 e. The number of hydrogen-bond acceptors (Lipinski definition) is 14. The van der Waals surface area contributed by atoms with Crippen LogP contribution in [-0.2, 0) is 50.6 Å². The summed E-state index contributed by atoms with van der Waals surface area (Å²) >= 11 is 0.719. The molecule has 21 heteroatoms. The molecule has 50 heavy (non-hydrogen) atoms. The summed E-state index contributed by atoms with van der Waals surface area (Å²) in [4.78, 5) is 1.94. The smallest absolute Gasteiger partial charge is 0.748 e. The average Bonchev–Trinajstić information content (AvgIpc) is 3.28. The predicted octanol–water partition coefficient (Wildman–Crippen LogP) is -6.68. The normalized spacial score (nSPS) is 17.3. The molecule has 0 bridgehead atoms. The summed E-state index contributed by atoms with van der Waals surface area (Å²) < 4.78 is 110. The standard InChI is InChI=1S/C29H36N2O12S4.3K/c1-28(2)22-18-20(44-43-42-32)10-12-24(22)30(14-6-16-45(33,34)35)26(28)8-5-9-27-29(3,4)23-19-21(47(39,40)41)11-13-25(23)31(27)15-7-17-46(36,37)38;;;/h5,8-13,18-19H,6-7,14-17H2,1-4H3,(H3-,32,33,34,35,36,37,38,39,40,41);;;/q;3*+1/p-3. The summed E-state index contributed by atoms with van der Waals surface area (Å²) in [6, 6.07) is 9.24. The molecule has 0 aliphatic carbocycles. The largest absolute Gasteiger partial charge is 1.00 e. The van der Waals surface area contributed by atoms with Crippen molar-refractivity contribution in [1.29, 1.82) is 0 Å². The monoisotopic (exact) mass is 846 g/mol. The van der Waals surface area contributed by atoms with Crippen LogP contribution in [0.25, 0.3) is 0 Å². The van der Waals surface area contributed by atoms with E-state index in [1.807, 2.05) is 38.3 Å². The third kappa shape index (κ3) is 12.6. The van der Waals surface area contributed by atoms with Crippen LogP contribution in [0.2, 0.25) is 0 Å². The van der Waals surface area contributed by atoms with Crippen molar-refractivity contribution in [3.05, 3.63) is 71.5 Å². The van der Waals surface area contributed by atoms with Gasteiger partial charge in [-0.15, -0.1) is 0 Å². The fourth-order valence-electron chi connectivity index (χ4n) is 6.08. The van der Waals surface area contributed by atoms with Crippen LogP contribution < -0.4 is 164 Å². The number of benzene rings is 2. The summed E-state index contributed by atoms with van der Waals surface area (Å²) in [7, 11) is -13.7. The van der Waals surface area contributed by atoms with Crippen molar-refractivity contribution in [2.75, 3.05) is 29.5 Å². The zero-order chi connectivity index (χ0) is 35.0. The number of rotatable bonds is 14. The second-order valence-corrected chi connectivity index (χ2v) is 17.3. The molecule has 0 N–H and O–H groups in total.